The van der Waals surface area contributed by atoms with E-state index in [1.807, 2.05) is 0 Å². The molecule has 0 spiro atoms. The number of sulfonamides is 1. The van der Waals surface area contributed by atoms with E-state index < -0.39 is 39.2 Å². The molecule has 2 aromatic rings. The van der Waals surface area contributed by atoms with Gasteiger partial charge in [0.1, 0.15) is 0 Å². The van der Waals surface area contributed by atoms with Crippen LogP contribution in [0.25, 0.3) is 0 Å². The molecule has 30 heavy (non-hydrogen) atoms. The largest absolute Gasteiger partial charge is 0.416 e. The van der Waals surface area contributed by atoms with Crippen LogP contribution in [-0.4, -0.2) is 20.9 Å². The van der Waals surface area contributed by atoms with Gasteiger partial charge in [-0.25, -0.2) is 8.42 Å². The second-order valence-corrected chi connectivity index (χ2v) is 8.36. The Labute approximate surface area is 167 Å². The molecule has 1 aliphatic rings. The molecule has 2 aromatic carbocycles. The first kappa shape index (κ1) is 21.9. The first-order valence-corrected chi connectivity index (χ1v) is 9.93. The molecule has 1 aliphatic heterocycles. The number of carbonyl (C=O) groups excluding carboxylic acids is 1. The Morgan fingerprint density at radius 1 is 0.900 bits per heavy atom. The highest BCUT2D eigenvalue weighted by atomic mass is 32.2. The second-order valence-electron chi connectivity index (χ2n) is 6.67. The summed E-state index contributed by atoms with van der Waals surface area (Å²) in [7, 11) is -4.46. The molecule has 1 atom stereocenters. The van der Waals surface area contributed by atoms with Crippen molar-refractivity contribution in [3.05, 3.63) is 59.2 Å². The lowest BCUT2D eigenvalue weighted by atomic mass is 9.99. The first-order chi connectivity index (χ1) is 13.8. The highest BCUT2D eigenvalue weighted by molar-refractivity contribution is 7.92. The van der Waals surface area contributed by atoms with Crippen molar-refractivity contribution < 1.29 is 39.6 Å². The SMILES string of the molecule is O=C1C[C@H](c2ccc(S(=O)(=O)Nc3cc(C(F)(F)F)cc(C(F)(F)F)c3)cc2)CN1. The van der Waals surface area contributed by atoms with Gasteiger partial charge in [-0.05, 0) is 35.9 Å². The molecular weight excluding hydrogens is 438 g/mol. The van der Waals surface area contributed by atoms with Gasteiger partial charge in [0, 0.05) is 18.9 Å². The molecule has 1 saturated heterocycles. The van der Waals surface area contributed by atoms with E-state index >= 15 is 0 Å². The van der Waals surface area contributed by atoms with Gasteiger partial charge in [-0.3, -0.25) is 9.52 Å². The molecule has 162 valence electrons. The summed E-state index contributed by atoms with van der Waals surface area (Å²) in [5.74, 6) is -0.302. The fourth-order valence-electron chi connectivity index (χ4n) is 2.99. The van der Waals surface area contributed by atoms with Crippen LogP contribution in [0.4, 0.5) is 32.0 Å². The van der Waals surface area contributed by atoms with Gasteiger partial charge in [-0.15, -0.1) is 0 Å². The first-order valence-electron chi connectivity index (χ1n) is 8.45. The number of amides is 1. The lowest BCUT2D eigenvalue weighted by Gasteiger charge is -2.16. The molecule has 5 nitrogen and oxygen atoms in total. The van der Waals surface area contributed by atoms with E-state index in [-0.39, 0.29) is 41.3 Å². The van der Waals surface area contributed by atoms with Gasteiger partial charge in [-0.1, -0.05) is 12.1 Å². The highest BCUT2D eigenvalue weighted by Crippen LogP contribution is 2.38. The number of hydrogen-bond donors (Lipinski definition) is 2. The zero-order valence-corrected chi connectivity index (χ0v) is 15.8. The van der Waals surface area contributed by atoms with Gasteiger partial charge in [0.15, 0.2) is 0 Å². The Hall–Kier alpha value is -2.76. The summed E-state index contributed by atoms with van der Waals surface area (Å²) in [4.78, 5) is 10.9. The van der Waals surface area contributed by atoms with Gasteiger partial charge in [0.25, 0.3) is 10.0 Å². The molecule has 1 amide bonds. The Morgan fingerprint density at radius 3 is 1.87 bits per heavy atom. The van der Waals surface area contributed by atoms with Crippen LogP contribution in [0.2, 0.25) is 0 Å². The predicted molar refractivity (Wildman–Crippen MR) is 94.1 cm³/mol. The molecule has 3 rings (SSSR count). The lowest BCUT2D eigenvalue weighted by Crippen LogP contribution is -2.16. The predicted octanol–water partition coefficient (Wildman–Crippen LogP) is 4.13. The van der Waals surface area contributed by atoms with E-state index in [0.717, 1.165) is 0 Å². The fourth-order valence-corrected chi connectivity index (χ4v) is 4.03. The fraction of sp³-hybridized carbons (Fsp3) is 0.278. The number of rotatable bonds is 4. The van der Waals surface area contributed by atoms with Crippen molar-refractivity contribution >= 4 is 21.6 Å². The number of carbonyl (C=O) groups is 1. The average Bonchev–Trinajstić information content (AvgIpc) is 3.06. The van der Waals surface area contributed by atoms with Crippen LogP contribution in [-0.2, 0) is 27.2 Å². The van der Waals surface area contributed by atoms with Crippen LogP contribution in [0.15, 0.2) is 47.4 Å². The minimum atomic E-state index is -5.10. The summed E-state index contributed by atoms with van der Waals surface area (Å²) in [5.41, 5.74) is -3.47. The lowest BCUT2D eigenvalue weighted by molar-refractivity contribution is -0.143. The van der Waals surface area contributed by atoms with Gasteiger partial charge in [0.2, 0.25) is 5.91 Å². The van der Waals surface area contributed by atoms with Crippen molar-refractivity contribution in [2.75, 3.05) is 11.3 Å². The highest BCUT2D eigenvalue weighted by Gasteiger charge is 2.37. The Balaban J connectivity index is 1.90. The molecule has 0 aromatic heterocycles. The molecule has 2 N–H and O–H groups in total. The number of benzene rings is 2. The molecule has 0 aliphatic carbocycles. The van der Waals surface area contributed by atoms with Crippen molar-refractivity contribution in [3.63, 3.8) is 0 Å². The maximum atomic E-state index is 12.9. The van der Waals surface area contributed by atoms with Crippen LogP contribution in [0.3, 0.4) is 0 Å². The van der Waals surface area contributed by atoms with Gasteiger partial charge < -0.3 is 5.32 Å². The quantitative estimate of drug-likeness (QED) is 0.686. The minimum Gasteiger partial charge on any atom is -0.355 e. The Morgan fingerprint density at radius 2 is 1.43 bits per heavy atom. The molecule has 0 bridgehead atoms. The zero-order chi connectivity index (χ0) is 22.3. The summed E-state index contributed by atoms with van der Waals surface area (Å²) in [6, 6.07) is 5.69. The summed E-state index contributed by atoms with van der Waals surface area (Å²) < 4.78 is 104. The normalized spacial score (nSPS) is 17.7. The third-order valence-corrected chi connectivity index (χ3v) is 5.88. The Bertz CT molecular complexity index is 1030. The van der Waals surface area contributed by atoms with Crippen LogP contribution < -0.4 is 10.0 Å². The van der Waals surface area contributed by atoms with Crippen molar-refractivity contribution in [1.82, 2.24) is 5.32 Å². The third kappa shape index (κ3) is 4.86. The van der Waals surface area contributed by atoms with E-state index in [0.29, 0.717) is 12.1 Å². The monoisotopic (exact) mass is 452 g/mol. The maximum absolute atomic E-state index is 12.9. The average molecular weight is 452 g/mol. The van der Waals surface area contributed by atoms with Gasteiger partial charge >= 0.3 is 12.4 Å². The molecule has 0 radical (unpaired) electrons. The maximum Gasteiger partial charge on any atom is 0.416 e. The standard InChI is InChI=1S/C18H14F6N2O3S/c19-17(20,21)12-6-13(18(22,23)24)8-14(7-12)26-30(28,29)15-3-1-10(2-4-15)11-5-16(27)25-9-11/h1-4,6-8,11,26H,5,9H2,(H,25,27)/t11-/m0/s1. The van der Waals surface area contributed by atoms with E-state index in [4.69, 9.17) is 0 Å². The van der Waals surface area contributed by atoms with E-state index in [9.17, 15) is 39.6 Å². The summed E-state index contributed by atoms with van der Waals surface area (Å²) in [5, 5.41) is 2.63. The number of halogens is 6. The van der Waals surface area contributed by atoms with E-state index in [1.165, 1.54) is 24.3 Å². The minimum absolute atomic E-state index is 0.0937. The zero-order valence-electron chi connectivity index (χ0n) is 14.9. The smallest absolute Gasteiger partial charge is 0.355 e. The number of anilines is 1. The molecule has 1 heterocycles. The summed E-state index contributed by atoms with van der Waals surface area (Å²) >= 11 is 0. The van der Waals surface area contributed by atoms with E-state index in [2.05, 4.69) is 5.32 Å². The molecule has 0 saturated carbocycles. The van der Waals surface area contributed by atoms with Crippen LogP contribution >= 0.6 is 0 Å². The number of hydrogen-bond acceptors (Lipinski definition) is 3. The van der Waals surface area contributed by atoms with Crippen LogP contribution in [0, 0.1) is 0 Å². The van der Waals surface area contributed by atoms with Crippen molar-refractivity contribution in [2.45, 2.75) is 29.6 Å². The number of alkyl halides is 6. The summed E-state index contributed by atoms with van der Waals surface area (Å²) in [6.45, 7) is 0.383. The molecule has 12 heteroatoms. The topological polar surface area (TPSA) is 75.3 Å². The van der Waals surface area contributed by atoms with Gasteiger partial charge in [-0.2, -0.15) is 26.3 Å². The third-order valence-electron chi connectivity index (χ3n) is 4.48. The van der Waals surface area contributed by atoms with Crippen molar-refractivity contribution in [1.29, 1.82) is 0 Å². The van der Waals surface area contributed by atoms with E-state index in [1.54, 1.807) is 4.72 Å². The number of nitrogens with one attached hydrogen (secondary N) is 2. The van der Waals surface area contributed by atoms with Crippen LogP contribution in [0.5, 0.6) is 0 Å². The molecular formula is C18H14F6N2O3S. The second kappa shape index (κ2) is 7.49. The molecule has 1 fully saturated rings. The van der Waals surface area contributed by atoms with Crippen LogP contribution in [0.1, 0.15) is 29.0 Å². The van der Waals surface area contributed by atoms with Crippen molar-refractivity contribution in [2.24, 2.45) is 0 Å². The van der Waals surface area contributed by atoms with Gasteiger partial charge in [0.05, 0.1) is 21.7 Å². The summed E-state index contributed by atoms with van der Waals surface area (Å²) in [6.07, 6.45) is -9.97. The Kier molecular flexibility index (Phi) is 5.48. The van der Waals surface area contributed by atoms with Crippen molar-refractivity contribution in [3.8, 4) is 0 Å². The molecule has 0 unspecified atom stereocenters.